The van der Waals surface area contributed by atoms with Gasteiger partial charge in [0.2, 0.25) is 0 Å². The number of anilines is 6. The van der Waals surface area contributed by atoms with Crippen molar-refractivity contribution in [3.63, 3.8) is 0 Å². The summed E-state index contributed by atoms with van der Waals surface area (Å²) in [5, 5.41) is 12.4. The number of para-hydroxylation sites is 2. The summed E-state index contributed by atoms with van der Waals surface area (Å²) >= 11 is 0. The first kappa shape index (κ1) is 73.6. The Hall–Kier alpha value is -16.1. The summed E-state index contributed by atoms with van der Waals surface area (Å²) in [6.07, 6.45) is 0. The lowest BCUT2D eigenvalue weighted by atomic mass is 9.33. The third-order valence-electron chi connectivity index (χ3n) is 27.1. The Kier molecular flexibility index (Phi) is 17.0. The van der Waals surface area contributed by atoms with Gasteiger partial charge in [-0.2, -0.15) is 0 Å². The van der Waals surface area contributed by atoms with Crippen LogP contribution < -0.4 is 26.2 Å². The molecular formula is C122H83BN4. The number of benzene rings is 21. The van der Waals surface area contributed by atoms with Crippen LogP contribution in [0.15, 0.2) is 449 Å². The Bertz CT molecular complexity index is 7990. The molecule has 0 amide bonds. The molecule has 21 aromatic carbocycles. The molecule has 0 N–H and O–H groups in total. The van der Waals surface area contributed by atoms with E-state index in [0.717, 1.165) is 167 Å². The van der Waals surface area contributed by atoms with E-state index in [9.17, 15) is 0 Å². The molecule has 2 aliphatic heterocycles. The minimum atomic E-state index is -0.376. The molecule has 127 heavy (non-hydrogen) atoms. The molecule has 0 radical (unpaired) electrons. The van der Waals surface area contributed by atoms with Gasteiger partial charge < -0.3 is 18.9 Å². The normalized spacial score (nSPS) is 12.5. The number of rotatable bonds is 13. The molecule has 0 spiro atoms. The maximum absolute atomic E-state index is 2.74. The first-order valence-corrected chi connectivity index (χ1v) is 44.3. The van der Waals surface area contributed by atoms with Crippen LogP contribution in [0.4, 0.5) is 34.1 Å². The van der Waals surface area contributed by atoms with E-state index in [1.54, 1.807) is 0 Å². The molecule has 2 aromatic heterocycles. The van der Waals surface area contributed by atoms with Gasteiger partial charge in [-0.3, -0.25) is 0 Å². The molecule has 0 atom stereocenters. The van der Waals surface area contributed by atoms with E-state index >= 15 is 0 Å². The van der Waals surface area contributed by atoms with Crippen molar-refractivity contribution in [3.05, 3.63) is 454 Å². The number of aromatic nitrogens is 2. The van der Waals surface area contributed by atoms with Gasteiger partial charge in [0.05, 0.1) is 39.1 Å². The average molecular weight is 1620 g/mol. The highest BCUT2D eigenvalue weighted by Gasteiger charge is 2.47. The van der Waals surface area contributed by atoms with Crippen LogP contribution in [0.25, 0.3) is 187 Å². The van der Waals surface area contributed by atoms with Crippen molar-refractivity contribution >= 4 is 133 Å². The molecule has 594 valence electrons. The van der Waals surface area contributed by atoms with E-state index in [-0.39, 0.29) is 12.1 Å². The number of hydrogen-bond acceptors (Lipinski definition) is 2. The lowest BCUT2D eigenvalue weighted by Gasteiger charge is -2.46. The standard InChI is InChI=1S/C122H83BN4/c1-122(2,3)96-66-91-54-52-89-64-93(65-90-53-55-92(67-96)118(91)117(89)90)88-58-63-113-108(74-88)123-107-60-59-97(124-109-50-30-28-48-99(109)100-49-29-31-51-110(100)124)75-114(107)127(121-103(84-44-24-10-25-45-84)72-95(81-38-18-7-19-39-81)73-104(121)85-46-26-11-27-47-85)116-77-98(125-111-61-56-86(78-32-12-4-13-33-78)68-105(111)106-69-87(57-62-112(106)125)79-34-14-5-15-35-79)76-115(119(116)123)126(113)120-101(82-40-20-8-21-41-82)70-94(80-36-16-6-17-37-80)71-102(120)83-42-22-9-23-43-83/h4-77H,1-3H3. The minimum absolute atomic E-state index is 0.00892. The van der Waals surface area contributed by atoms with Crippen LogP contribution in [0.5, 0.6) is 0 Å². The third-order valence-corrected chi connectivity index (χ3v) is 27.1. The van der Waals surface area contributed by atoms with E-state index < -0.39 is 0 Å². The molecule has 0 aliphatic carbocycles. The van der Waals surface area contributed by atoms with Gasteiger partial charge in [-0.1, -0.05) is 367 Å². The van der Waals surface area contributed by atoms with Crippen LogP contribution in [0, 0.1) is 0 Å². The Balaban J connectivity index is 0.868. The number of fused-ring (bicyclic) bond motifs is 10. The Morgan fingerprint density at radius 2 is 0.528 bits per heavy atom. The highest BCUT2D eigenvalue weighted by molar-refractivity contribution is 7.00. The van der Waals surface area contributed by atoms with E-state index in [1.807, 2.05) is 0 Å². The molecule has 0 bridgehead atoms. The van der Waals surface area contributed by atoms with Crippen molar-refractivity contribution in [3.8, 4) is 112 Å². The summed E-state index contributed by atoms with van der Waals surface area (Å²) in [6, 6.07) is 170. The van der Waals surface area contributed by atoms with Crippen molar-refractivity contribution < 1.29 is 0 Å². The van der Waals surface area contributed by atoms with Gasteiger partial charge >= 0.3 is 0 Å². The highest BCUT2D eigenvalue weighted by atomic mass is 15.2. The first-order chi connectivity index (χ1) is 62.6. The van der Waals surface area contributed by atoms with E-state index in [4.69, 9.17) is 0 Å². The summed E-state index contributed by atoms with van der Waals surface area (Å²) < 4.78 is 5.11. The van der Waals surface area contributed by atoms with Gasteiger partial charge in [0.15, 0.2) is 0 Å². The SMILES string of the molecule is CC(C)(C)c1cc2ccc3cc(-c4ccc5c(c4)B4c6ccc(-n7c8ccccc8c8ccccc87)cc6N(c6c(-c7ccccc7)cc(-c7ccccc7)cc6-c6ccccc6)c6cc(-n7c8ccc(-c9ccccc9)cc8c8cc(-c9ccccc9)ccc87)cc(c64)N5c4c(-c5ccccc5)cc(-c5ccccc5)cc4-c4ccccc4)cc4ccc(c1)c2c34. The fraction of sp³-hybridized carbons (Fsp3) is 0.0328. The summed E-state index contributed by atoms with van der Waals surface area (Å²) in [6.45, 7) is 6.59. The molecule has 25 rings (SSSR count). The molecule has 0 saturated carbocycles. The molecule has 23 aromatic rings. The monoisotopic (exact) mass is 1610 g/mol. The second-order valence-electron chi connectivity index (χ2n) is 35.4. The topological polar surface area (TPSA) is 16.3 Å². The van der Waals surface area contributed by atoms with Crippen molar-refractivity contribution in [2.45, 2.75) is 26.2 Å². The van der Waals surface area contributed by atoms with Crippen LogP contribution in [0.2, 0.25) is 0 Å². The number of nitrogens with zero attached hydrogens (tertiary/aromatic N) is 4. The van der Waals surface area contributed by atoms with Gasteiger partial charge in [0, 0.05) is 72.2 Å². The van der Waals surface area contributed by atoms with Gasteiger partial charge in [-0.25, -0.2) is 0 Å². The second kappa shape index (κ2) is 29.3. The van der Waals surface area contributed by atoms with Gasteiger partial charge in [-0.15, -0.1) is 0 Å². The third kappa shape index (κ3) is 12.1. The van der Waals surface area contributed by atoms with Gasteiger partial charge in [-0.05, 0) is 241 Å². The second-order valence-corrected chi connectivity index (χ2v) is 35.4. The zero-order valence-electron chi connectivity index (χ0n) is 70.6. The van der Waals surface area contributed by atoms with Crippen molar-refractivity contribution in [1.29, 1.82) is 0 Å². The number of hydrogen-bond donors (Lipinski definition) is 0. The van der Waals surface area contributed by atoms with Gasteiger partial charge in [0.1, 0.15) is 0 Å². The van der Waals surface area contributed by atoms with Crippen LogP contribution in [0.3, 0.4) is 0 Å². The largest absolute Gasteiger partial charge is 0.310 e. The molecule has 4 nitrogen and oxygen atoms in total. The Labute approximate surface area is 739 Å². The molecular weight excluding hydrogens is 1530 g/mol. The van der Waals surface area contributed by atoms with Crippen LogP contribution in [-0.4, -0.2) is 15.8 Å². The lowest BCUT2D eigenvalue weighted by molar-refractivity contribution is 0.591. The zero-order chi connectivity index (χ0) is 84.1. The molecule has 4 heterocycles. The van der Waals surface area contributed by atoms with E-state index in [2.05, 4.69) is 489 Å². The quantitative estimate of drug-likeness (QED) is 0.0845. The summed E-state index contributed by atoms with van der Waals surface area (Å²) in [7, 11) is 0. The zero-order valence-corrected chi connectivity index (χ0v) is 70.6. The average Bonchev–Trinajstić information content (AvgIpc) is 1.43. The van der Waals surface area contributed by atoms with E-state index in [1.165, 1.54) is 76.2 Å². The first-order valence-electron chi connectivity index (χ1n) is 44.3. The molecule has 5 heteroatoms. The summed E-state index contributed by atoms with van der Waals surface area (Å²) in [4.78, 5) is 5.47. The van der Waals surface area contributed by atoms with E-state index in [0.29, 0.717) is 0 Å². The van der Waals surface area contributed by atoms with Crippen molar-refractivity contribution in [2.75, 3.05) is 9.80 Å². The van der Waals surface area contributed by atoms with Gasteiger partial charge in [0.25, 0.3) is 6.71 Å². The molecule has 0 saturated heterocycles. The minimum Gasteiger partial charge on any atom is -0.310 e. The van der Waals surface area contributed by atoms with Crippen molar-refractivity contribution in [1.82, 2.24) is 9.13 Å². The lowest BCUT2D eigenvalue weighted by Crippen LogP contribution is -2.61. The fourth-order valence-corrected chi connectivity index (χ4v) is 21.2. The Morgan fingerprint density at radius 3 is 0.937 bits per heavy atom. The van der Waals surface area contributed by atoms with Crippen LogP contribution in [-0.2, 0) is 5.41 Å². The fourth-order valence-electron chi connectivity index (χ4n) is 21.2. The maximum atomic E-state index is 2.74. The molecule has 0 unspecified atom stereocenters. The molecule has 2 aliphatic rings. The highest BCUT2D eigenvalue weighted by Crippen LogP contribution is 2.57. The van der Waals surface area contributed by atoms with Crippen molar-refractivity contribution in [2.24, 2.45) is 0 Å². The smallest absolute Gasteiger partial charge is 0.252 e. The maximum Gasteiger partial charge on any atom is 0.252 e. The predicted molar refractivity (Wildman–Crippen MR) is 540 cm³/mol. The Morgan fingerprint density at radius 1 is 0.205 bits per heavy atom. The molecule has 0 fully saturated rings. The predicted octanol–water partition coefficient (Wildman–Crippen LogP) is 31.2. The summed E-state index contributed by atoms with van der Waals surface area (Å²) in [5.74, 6) is 0. The van der Waals surface area contributed by atoms with Crippen LogP contribution in [0.1, 0.15) is 26.3 Å². The summed E-state index contributed by atoms with van der Waals surface area (Å²) in [5.41, 5.74) is 38.2. The van der Waals surface area contributed by atoms with Crippen LogP contribution >= 0.6 is 0 Å².